The molecule has 0 saturated heterocycles. The molecule has 0 amide bonds. The van der Waals surface area contributed by atoms with Gasteiger partial charge in [0.05, 0.1) is 11.0 Å². The van der Waals surface area contributed by atoms with Crippen molar-refractivity contribution in [2.75, 3.05) is 14.7 Å². The van der Waals surface area contributed by atoms with Crippen LogP contribution in [-0.4, -0.2) is 11.3 Å². The predicted octanol–water partition coefficient (Wildman–Crippen LogP) is 18.0. The van der Waals surface area contributed by atoms with E-state index in [9.17, 15) is 0 Å². The lowest BCUT2D eigenvalue weighted by atomic mass is 9.34. The van der Waals surface area contributed by atoms with Gasteiger partial charge in [-0.1, -0.05) is 162 Å². The summed E-state index contributed by atoms with van der Waals surface area (Å²) in [6.07, 6.45) is 0. The maximum atomic E-state index is 8.98. The minimum atomic E-state index is -2.42. The summed E-state index contributed by atoms with van der Waals surface area (Å²) in [6.45, 7) is 8.76. The smallest absolute Gasteiger partial charge is 0.256 e. The van der Waals surface area contributed by atoms with Crippen LogP contribution in [0.4, 0.5) is 51.2 Å². The first-order valence-electron chi connectivity index (χ1n) is 29.3. The van der Waals surface area contributed by atoms with Gasteiger partial charge in [-0.3, -0.25) is 0 Å². The van der Waals surface area contributed by atoms with Gasteiger partial charge >= 0.3 is 0 Å². The Morgan fingerprint density at radius 2 is 1.04 bits per heavy atom. The Labute approximate surface area is 473 Å². The molecule has 384 valence electrons. The third kappa shape index (κ3) is 7.46. The molecule has 0 N–H and O–H groups in total. The zero-order valence-electron chi connectivity index (χ0n) is 48.4. The lowest BCUT2D eigenvalue weighted by molar-refractivity contribution is 0.487. The summed E-state index contributed by atoms with van der Waals surface area (Å²) < 4.78 is 36.5. The molecule has 6 heteroatoms. The molecule has 0 atom stereocenters. The van der Waals surface area contributed by atoms with E-state index in [4.69, 9.17) is 8.85 Å². The molecule has 3 heterocycles. The zero-order chi connectivity index (χ0) is 56.5. The molecule has 0 unspecified atom stereocenters. The van der Waals surface area contributed by atoms with E-state index in [0.717, 1.165) is 112 Å². The van der Waals surface area contributed by atoms with Crippen LogP contribution in [0, 0.1) is 6.85 Å². The van der Waals surface area contributed by atoms with E-state index in [-0.39, 0.29) is 23.1 Å². The van der Waals surface area contributed by atoms with Gasteiger partial charge in [0.15, 0.2) is 0 Å². The third-order valence-electron chi connectivity index (χ3n) is 17.0. The van der Waals surface area contributed by atoms with Crippen LogP contribution in [0.1, 0.15) is 61.0 Å². The Balaban J connectivity index is 0.906. The first kappa shape index (κ1) is 44.5. The van der Waals surface area contributed by atoms with Crippen LogP contribution in [0.25, 0.3) is 38.6 Å². The van der Waals surface area contributed by atoms with Crippen molar-refractivity contribution >= 4 is 96.1 Å². The molecular weight excluding hydrogens is 972 g/mol. The number of benzene rings is 11. The average molecular weight is 1030 g/mol. The molecule has 0 bridgehead atoms. The van der Waals surface area contributed by atoms with Crippen molar-refractivity contribution in [1.29, 1.82) is 0 Å². The second kappa shape index (κ2) is 18.0. The Hall–Kier alpha value is -9.52. The number of hydrogen-bond acceptors (Lipinski definition) is 4. The SMILES string of the molecule is [2H]C([2H])([2H])c1cc2c3c(c1)N(c1cccc(-n4c5ccccc5c5ccc(N(c6ccccc6)c6ccccc6)cc54)c1)c1cc(C(C)(C)C)ccc1B3c1cc3c(cc1O2)-c1ccc(N(c2ccccc2)c2ccccc2)cc1C3(C)C. The lowest BCUT2D eigenvalue weighted by Crippen LogP contribution is -2.59. The monoisotopic (exact) mass is 1030 g/mol. The standard InChI is InChI=1S/C74H59BN4O/c1-48-40-69-72-71(41-48)80-70-46-61-58-37-35-56(76(50-22-11-7-12-23-50)51-24-13-8-14-25-51)44-62(58)74(5,6)63(61)47-65(70)75(72)64-39-34-49(73(2,3)4)42-68(64)79(69)55-31-21-30-54(43-55)78-66-33-20-19-32-59(66)60-38-36-57(45-67(60)78)77(52-26-15-9-16-27-52)53-28-17-10-18-29-53/h7-47H,1-6H3/i1D3. The van der Waals surface area contributed by atoms with Gasteiger partial charge in [-0.2, -0.15) is 0 Å². The fourth-order valence-corrected chi connectivity index (χ4v) is 13.2. The topological polar surface area (TPSA) is 23.9 Å². The quantitative estimate of drug-likeness (QED) is 0.142. The van der Waals surface area contributed by atoms with Crippen molar-refractivity contribution in [1.82, 2.24) is 4.57 Å². The summed E-state index contributed by atoms with van der Waals surface area (Å²) in [5.41, 5.74) is 21.0. The molecule has 0 fully saturated rings. The molecule has 1 aliphatic carbocycles. The number of aromatic nitrogens is 1. The number of aryl methyl sites for hydroxylation is 1. The Kier molecular flexibility index (Phi) is 10.0. The Bertz CT molecular complexity index is 4470. The van der Waals surface area contributed by atoms with Crippen LogP contribution in [0.15, 0.2) is 249 Å². The van der Waals surface area contributed by atoms with Crippen molar-refractivity contribution in [3.8, 4) is 28.3 Å². The molecule has 1 aromatic heterocycles. The number of hydrogen-bond donors (Lipinski definition) is 0. The normalized spacial score (nSPS) is 14.2. The molecule has 11 aromatic carbocycles. The van der Waals surface area contributed by atoms with Crippen molar-refractivity contribution in [2.45, 2.75) is 52.3 Å². The summed E-state index contributed by atoms with van der Waals surface area (Å²) in [5.74, 6) is 1.30. The van der Waals surface area contributed by atoms with Crippen LogP contribution in [0.2, 0.25) is 0 Å². The molecule has 12 aromatic rings. The van der Waals surface area contributed by atoms with Gasteiger partial charge in [0.2, 0.25) is 0 Å². The van der Waals surface area contributed by atoms with Crippen LogP contribution in [0.5, 0.6) is 11.5 Å². The highest BCUT2D eigenvalue weighted by Gasteiger charge is 2.45. The average Bonchev–Trinajstić information content (AvgIpc) is 1.95. The van der Waals surface area contributed by atoms with Crippen molar-refractivity contribution in [3.05, 3.63) is 271 Å². The summed E-state index contributed by atoms with van der Waals surface area (Å²) in [4.78, 5) is 6.94. The Morgan fingerprint density at radius 1 is 0.450 bits per heavy atom. The summed E-state index contributed by atoms with van der Waals surface area (Å²) in [5, 5.41) is 2.30. The Morgan fingerprint density at radius 3 is 1.69 bits per heavy atom. The van der Waals surface area contributed by atoms with Gasteiger partial charge in [-0.15, -0.1) is 0 Å². The van der Waals surface area contributed by atoms with Crippen LogP contribution >= 0.6 is 0 Å². The number of ether oxygens (including phenoxy) is 1. The second-order valence-corrected chi connectivity index (χ2v) is 23.2. The molecule has 3 aliphatic rings. The minimum absolute atomic E-state index is 0.192. The van der Waals surface area contributed by atoms with E-state index < -0.39 is 6.85 Å². The fourth-order valence-electron chi connectivity index (χ4n) is 13.2. The van der Waals surface area contributed by atoms with Crippen molar-refractivity contribution in [2.24, 2.45) is 0 Å². The molecule has 0 radical (unpaired) electrons. The minimum Gasteiger partial charge on any atom is -0.458 e. The maximum Gasteiger partial charge on any atom is 0.256 e. The van der Waals surface area contributed by atoms with E-state index >= 15 is 0 Å². The van der Waals surface area contributed by atoms with Crippen LogP contribution in [0.3, 0.4) is 0 Å². The van der Waals surface area contributed by atoms with E-state index in [0.29, 0.717) is 5.75 Å². The van der Waals surface area contributed by atoms with Gasteiger partial charge < -0.3 is 24.0 Å². The number of para-hydroxylation sites is 5. The van der Waals surface area contributed by atoms with Gasteiger partial charge in [0.25, 0.3) is 6.71 Å². The van der Waals surface area contributed by atoms with E-state index in [1.54, 1.807) is 6.07 Å². The molecule has 0 saturated carbocycles. The fraction of sp³-hybridized carbons (Fsp3) is 0.108. The highest BCUT2D eigenvalue weighted by molar-refractivity contribution is 6.99. The first-order valence-corrected chi connectivity index (χ1v) is 27.8. The highest BCUT2D eigenvalue weighted by Crippen LogP contribution is 2.53. The molecule has 80 heavy (non-hydrogen) atoms. The molecule has 5 nitrogen and oxygen atoms in total. The summed E-state index contributed by atoms with van der Waals surface area (Å²) in [7, 11) is 0. The van der Waals surface area contributed by atoms with Crippen molar-refractivity contribution < 1.29 is 8.85 Å². The van der Waals surface area contributed by atoms with E-state index in [2.05, 4.69) is 290 Å². The highest BCUT2D eigenvalue weighted by atomic mass is 16.5. The zero-order valence-corrected chi connectivity index (χ0v) is 45.4. The van der Waals surface area contributed by atoms with Crippen LogP contribution in [-0.2, 0) is 10.8 Å². The lowest BCUT2D eigenvalue weighted by Gasteiger charge is -2.41. The molecule has 15 rings (SSSR count). The third-order valence-corrected chi connectivity index (χ3v) is 17.0. The molecule has 0 spiro atoms. The van der Waals surface area contributed by atoms with Crippen LogP contribution < -0.4 is 35.8 Å². The summed E-state index contributed by atoms with van der Waals surface area (Å²) >= 11 is 0. The number of anilines is 9. The number of rotatable bonds is 8. The maximum absolute atomic E-state index is 8.98. The van der Waals surface area contributed by atoms with Gasteiger partial charge in [0.1, 0.15) is 11.5 Å². The van der Waals surface area contributed by atoms with E-state index in [1.165, 1.54) is 16.7 Å². The van der Waals surface area contributed by atoms with E-state index in [1.807, 2.05) is 6.07 Å². The second-order valence-electron chi connectivity index (χ2n) is 23.2. The number of fused-ring (bicyclic) bond motifs is 10. The number of nitrogens with zero attached hydrogens (tertiary/aromatic N) is 4. The van der Waals surface area contributed by atoms with Crippen molar-refractivity contribution in [3.63, 3.8) is 0 Å². The largest absolute Gasteiger partial charge is 0.458 e. The molecular formula is C74H59BN4O. The summed E-state index contributed by atoms with van der Waals surface area (Å²) in [6, 6.07) is 88.4. The van der Waals surface area contributed by atoms with Gasteiger partial charge in [-0.25, -0.2) is 0 Å². The van der Waals surface area contributed by atoms with Gasteiger partial charge in [-0.05, 0) is 183 Å². The van der Waals surface area contributed by atoms with Gasteiger partial charge in [0, 0.05) is 77.2 Å². The predicted molar refractivity (Wildman–Crippen MR) is 337 cm³/mol. The molecule has 2 aliphatic heterocycles. The first-order chi connectivity index (χ1) is 40.2.